The van der Waals surface area contributed by atoms with E-state index in [9.17, 15) is 10.5 Å². The fraction of sp³-hybridized carbons (Fsp3) is 0. The highest BCUT2D eigenvalue weighted by Crippen LogP contribution is 2.48. The Morgan fingerprint density at radius 1 is 0.174 bits per heavy atom. The van der Waals surface area contributed by atoms with Gasteiger partial charge in [-0.15, -0.1) is 0 Å². The van der Waals surface area contributed by atoms with Crippen molar-refractivity contribution < 1.29 is 0 Å². The molecule has 0 aliphatic rings. The summed E-state index contributed by atoms with van der Waals surface area (Å²) in [5.41, 5.74) is 17.3. The Hall–Kier alpha value is -12.5. The Bertz CT molecular complexity index is 6270. The van der Waals surface area contributed by atoms with E-state index in [2.05, 4.69) is 291 Å². The smallest absolute Gasteiger partial charge is 0.0998 e. The quantitative estimate of drug-likeness (QED) is 0.149. The van der Waals surface area contributed by atoms with Gasteiger partial charge in [-0.2, -0.15) is 10.5 Å². The number of nitrogens with zero attached hydrogens (tertiary/aromatic N) is 2. The van der Waals surface area contributed by atoms with Gasteiger partial charge in [0.15, 0.2) is 0 Å². The first-order valence-corrected chi connectivity index (χ1v) is 31.4. The fourth-order valence-electron chi connectivity index (χ4n) is 15.2. The highest BCUT2D eigenvalue weighted by molar-refractivity contribution is 6.34. The van der Waals surface area contributed by atoms with Crippen LogP contribution in [0.4, 0.5) is 0 Å². The second-order valence-electron chi connectivity index (χ2n) is 24.4. The first kappa shape index (κ1) is 52.6. The Labute approximate surface area is 531 Å². The molecule has 0 aromatic heterocycles. The van der Waals surface area contributed by atoms with Crippen LogP contribution in [0.25, 0.3) is 186 Å². The summed E-state index contributed by atoms with van der Waals surface area (Å²) in [7, 11) is 0. The van der Waals surface area contributed by atoms with Gasteiger partial charge in [-0.1, -0.05) is 249 Å². The second kappa shape index (κ2) is 21.1. The summed E-state index contributed by atoms with van der Waals surface area (Å²) in [5.74, 6) is 0. The summed E-state index contributed by atoms with van der Waals surface area (Å²) in [6.07, 6.45) is 0. The molecule has 0 radical (unpaired) electrons. The van der Waals surface area contributed by atoms with Crippen molar-refractivity contribution >= 4 is 108 Å². The first-order chi connectivity index (χ1) is 45.5. The molecule has 0 fully saturated rings. The van der Waals surface area contributed by atoms with Crippen LogP contribution in [0.3, 0.4) is 0 Å². The maximum atomic E-state index is 10.0. The molecule has 18 rings (SSSR count). The number of benzene rings is 18. The summed E-state index contributed by atoms with van der Waals surface area (Å²) < 4.78 is 0. The van der Waals surface area contributed by atoms with Crippen LogP contribution < -0.4 is 0 Å². The molecule has 0 aliphatic heterocycles. The highest BCUT2D eigenvalue weighted by Gasteiger charge is 2.21. The van der Waals surface area contributed by atoms with Gasteiger partial charge in [-0.25, -0.2) is 0 Å². The Morgan fingerprint density at radius 2 is 0.522 bits per heavy atom. The molecule has 0 saturated carbocycles. The lowest BCUT2D eigenvalue weighted by Crippen LogP contribution is -1.91. The second-order valence-corrected chi connectivity index (χ2v) is 24.4. The molecule has 0 atom stereocenters. The van der Waals surface area contributed by atoms with Crippen molar-refractivity contribution in [2.45, 2.75) is 0 Å². The lowest BCUT2D eigenvalue weighted by Gasteiger charge is -2.18. The van der Waals surface area contributed by atoms with Crippen molar-refractivity contribution in [3.05, 3.63) is 327 Å². The predicted molar refractivity (Wildman–Crippen MR) is 389 cm³/mol. The van der Waals surface area contributed by atoms with Gasteiger partial charge in [0.05, 0.1) is 23.3 Å². The molecule has 92 heavy (non-hydrogen) atoms. The summed E-state index contributed by atoms with van der Waals surface area (Å²) >= 11 is 0. The normalized spacial score (nSPS) is 11.7. The predicted octanol–water partition coefficient (Wildman–Crippen LogP) is 24.6. The molecule has 18 aromatic carbocycles. The van der Waals surface area contributed by atoms with Crippen molar-refractivity contribution in [3.63, 3.8) is 0 Å². The number of nitriles is 2. The van der Waals surface area contributed by atoms with Gasteiger partial charge in [0.1, 0.15) is 0 Å². The standard InChI is InChI=1S/C90H52N2/c91-53-55-35-37-56(38-36-55)82-50-87-74-30-10-8-28-72(74)83(51-88(87)73-29-9-7-27-71(73)82)60-22-16-20-58(46-60)67-43-44-68(70-26-6-5-25-69(67)70)62-39-41-78-81(47-61-17-1-4-24-66(61)85(78)48-62)63-40-42-80-86(49-63)75-31-11-12-32-76(75)89-52-84(77-33-13-14-34-79(77)90(80)89)59-21-15-19-57(45-59)65-23-3-2-18-64(65)54-92/h1-52H. The van der Waals surface area contributed by atoms with E-state index in [1.54, 1.807) is 0 Å². The Morgan fingerprint density at radius 3 is 1.10 bits per heavy atom. The van der Waals surface area contributed by atoms with E-state index in [0.29, 0.717) is 11.1 Å². The van der Waals surface area contributed by atoms with Crippen molar-refractivity contribution in [1.29, 1.82) is 10.5 Å². The maximum Gasteiger partial charge on any atom is 0.0998 e. The molecule has 2 nitrogen and oxygen atoms in total. The third kappa shape index (κ3) is 8.33. The van der Waals surface area contributed by atoms with Crippen LogP contribution in [0.2, 0.25) is 0 Å². The minimum absolute atomic E-state index is 0.655. The monoisotopic (exact) mass is 1160 g/mol. The molecule has 2 heteroatoms. The van der Waals surface area contributed by atoms with Gasteiger partial charge >= 0.3 is 0 Å². The van der Waals surface area contributed by atoms with Crippen LogP contribution in [-0.4, -0.2) is 0 Å². The van der Waals surface area contributed by atoms with Crippen LogP contribution in [0, 0.1) is 22.7 Å². The van der Waals surface area contributed by atoms with Gasteiger partial charge in [-0.3, -0.25) is 0 Å². The van der Waals surface area contributed by atoms with Crippen molar-refractivity contribution in [2.75, 3.05) is 0 Å². The third-order valence-electron chi connectivity index (χ3n) is 19.5. The van der Waals surface area contributed by atoms with E-state index in [1.165, 1.54) is 158 Å². The highest BCUT2D eigenvalue weighted by atomic mass is 14.3. The van der Waals surface area contributed by atoms with Crippen molar-refractivity contribution in [3.8, 4) is 90.0 Å². The maximum absolute atomic E-state index is 10.0. The largest absolute Gasteiger partial charge is 0.192 e. The number of hydrogen-bond acceptors (Lipinski definition) is 2. The zero-order chi connectivity index (χ0) is 61.0. The van der Waals surface area contributed by atoms with Crippen molar-refractivity contribution in [1.82, 2.24) is 0 Å². The molecule has 422 valence electrons. The van der Waals surface area contributed by atoms with Gasteiger partial charge < -0.3 is 0 Å². The fourth-order valence-corrected chi connectivity index (χ4v) is 15.2. The molecular formula is C90H52N2. The summed E-state index contributed by atoms with van der Waals surface area (Å²) in [4.78, 5) is 0. The molecule has 18 aromatic rings. The number of hydrogen-bond donors (Lipinski definition) is 0. The number of rotatable bonds is 7. The summed E-state index contributed by atoms with van der Waals surface area (Å²) in [6, 6.07) is 120. The van der Waals surface area contributed by atoms with Gasteiger partial charge in [0.2, 0.25) is 0 Å². The van der Waals surface area contributed by atoms with Crippen LogP contribution in [0.15, 0.2) is 315 Å². The zero-order valence-electron chi connectivity index (χ0n) is 49.9. The molecule has 0 amide bonds. The zero-order valence-corrected chi connectivity index (χ0v) is 49.9. The Kier molecular flexibility index (Phi) is 12.1. The minimum Gasteiger partial charge on any atom is -0.192 e. The molecule has 0 spiro atoms. The van der Waals surface area contributed by atoms with Crippen molar-refractivity contribution in [2.24, 2.45) is 0 Å². The van der Waals surface area contributed by atoms with Gasteiger partial charge in [-0.05, 0) is 252 Å². The SMILES string of the molecule is N#Cc1ccc(-c2cc3c4ccccc4c(-c4cccc(-c5ccc(-c6ccc7c(-c8ccc9c(c8)c8ccccc8c8cc(-c%10cccc(-c%11ccccc%11C#N)c%10)c%10ccccc%10c98)cc8ccccc8c7c6)c6ccccc56)c4)cc3c3ccccc23)cc1. The lowest BCUT2D eigenvalue weighted by atomic mass is 9.85. The van der Waals surface area contributed by atoms with Crippen LogP contribution in [0.1, 0.15) is 11.1 Å². The average Bonchev–Trinajstić information content (AvgIpc) is 0.742. The molecule has 0 aliphatic carbocycles. The molecule has 0 N–H and O–H groups in total. The molecule has 0 bridgehead atoms. The molecule has 0 unspecified atom stereocenters. The van der Waals surface area contributed by atoms with Crippen LogP contribution >= 0.6 is 0 Å². The lowest BCUT2D eigenvalue weighted by molar-refractivity contribution is 1.48. The van der Waals surface area contributed by atoms with E-state index in [4.69, 9.17) is 0 Å². The van der Waals surface area contributed by atoms with E-state index in [0.717, 1.165) is 27.8 Å². The molecule has 0 saturated heterocycles. The molecule has 0 heterocycles. The van der Waals surface area contributed by atoms with Gasteiger partial charge in [0, 0.05) is 0 Å². The summed E-state index contributed by atoms with van der Waals surface area (Å²) in [6.45, 7) is 0. The average molecular weight is 1160 g/mol. The molecular weight excluding hydrogens is 1110 g/mol. The number of fused-ring (bicyclic) bond motifs is 17. The topological polar surface area (TPSA) is 47.6 Å². The third-order valence-corrected chi connectivity index (χ3v) is 19.5. The van der Waals surface area contributed by atoms with E-state index < -0.39 is 0 Å². The van der Waals surface area contributed by atoms with E-state index in [-0.39, 0.29) is 0 Å². The summed E-state index contributed by atoms with van der Waals surface area (Å²) in [5, 5.41) is 43.9. The Balaban J connectivity index is 0.751. The minimum atomic E-state index is 0.655. The first-order valence-electron chi connectivity index (χ1n) is 31.4. The van der Waals surface area contributed by atoms with Crippen LogP contribution in [0.5, 0.6) is 0 Å². The van der Waals surface area contributed by atoms with E-state index >= 15 is 0 Å². The van der Waals surface area contributed by atoms with Gasteiger partial charge in [0.25, 0.3) is 0 Å². The van der Waals surface area contributed by atoms with Crippen LogP contribution in [-0.2, 0) is 0 Å². The van der Waals surface area contributed by atoms with E-state index in [1.807, 2.05) is 36.4 Å².